The van der Waals surface area contributed by atoms with Crippen molar-refractivity contribution in [2.24, 2.45) is 5.92 Å². The van der Waals surface area contributed by atoms with E-state index in [2.05, 4.69) is 17.2 Å². The largest absolute Gasteiger partial charge is 0.310 e. The molecular formula is C24H25ClFN3O2. The van der Waals surface area contributed by atoms with Gasteiger partial charge >= 0.3 is 0 Å². The Kier molecular flexibility index (Phi) is 6.49. The number of benzene rings is 2. The number of nitrogens with one attached hydrogen (secondary N) is 1. The van der Waals surface area contributed by atoms with E-state index in [1.165, 1.54) is 17.7 Å². The molecule has 162 valence electrons. The first-order chi connectivity index (χ1) is 14.9. The van der Waals surface area contributed by atoms with Crippen molar-refractivity contribution in [3.8, 4) is 0 Å². The van der Waals surface area contributed by atoms with Crippen LogP contribution >= 0.6 is 11.6 Å². The van der Waals surface area contributed by atoms with Gasteiger partial charge in [0.1, 0.15) is 5.82 Å². The van der Waals surface area contributed by atoms with Gasteiger partial charge in [0.25, 0.3) is 5.69 Å². The number of pyridine rings is 1. The minimum absolute atomic E-state index is 0.0488. The molecule has 1 fully saturated rings. The molecule has 1 aliphatic carbocycles. The van der Waals surface area contributed by atoms with Gasteiger partial charge in [0.2, 0.25) is 0 Å². The molecule has 0 radical (unpaired) electrons. The number of nitro groups is 1. The number of hydrogen-bond donors (Lipinski definition) is 1. The van der Waals surface area contributed by atoms with Gasteiger partial charge in [-0.15, -0.1) is 0 Å². The monoisotopic (exact) mass is 441 g/mol. The van der Waals surface area contributed by atoms with Crippen molar-refractivity contribution in [1.29, 1.82) is 0 Å². The number of rotatable bonds is 6. The van der Waals surface area contributed by atoms with E-state index in [0.717, 1.165) is 36.6 Å². The van der Waals surface area contributed by atoms with Gasteiger partial charge in [0.05, 0.1) is 10.4 Å². The minimum Gasteiger partial charge on any atom is -0.310 e. The molecule has 1 heterocycles. The molecule has 1 N–H and O–H groups in total. The number of nitro benzene ring substituents is 1. The predicted molar refractivity (Wildman–Crippen MR) is 121 cm³/mol. The maximum Gasteiger partial charge on any atom is 0.275 e. The SMILES string of the molecule is CC(NCc1ccc(Cl)cc1[N+](=O)[O-])C1CCC(c2ccnc3ccc(F)cc23)CC1. The van der Waals surface area contributed by atoms with E-state index in [1.54, 1.807) is 24.3 Å². The molecule has 1 saturated carbocycles. The van der Waals surface area contributed by atoms with Crippen molar-refractivity contribution in [3.63, 3.8) is 0 Å². The Labute approximate surface area is 185 Å². The second-order valence-electron chi connectivity index (χ2n) is 8.37. The summed E-state index contributed by atoms with van der Waals surface area (Å²) in [5, 5.41) is 16.0. The highest BCUT2D eigenvalue weighted by molar-refractivity contribution is 6.30. The molecule has 0 aliphatic heterocycles. The number of aromatic nitrogens is 1. The van der Waals surface area contributed by atoms with Crippen LogP contribution < -0.4 is 5.32 Å². The van der Waals surface area contributed by atoms with Gasteiger partial charge in [0.15, 0.2) is 0 Å². The lowest BCUT2D eigenvalue weighted by Gasteiger charge is -2.33. The van der Waals surface area contributed by atoms with Gasteiger partial charge in [-0.3, -0.25) is 15.1 Å². The summed E-state index contributed by atoms with van der Waals surface area (Å²) in [6.45, 7) is 2.58. The van der Waals surface area contributed by atoms with Crippen molar-refractivity contribution in [3.05, 3.63) is 80.7 Å². The normalized spacial score (nSPS) is 20.0. The molecule has 4 rings (SSSR count). The first-order valence-electron chi connectivity index (χ1n) is 10.6. The van der Waals surface area contributed by atoms with Crippen molar-refractivity contribution >= 4 is 28.2 Å². The summed E-state index contributed by atoms with van der Waals surface area (Å²) in [6, 6.07) is 11.8. The molecule has 2 aromatic carbocycles. The lowest BCUT2D eigenvalue weighted by atomic mass is 9.75. The third-order valence-corrected chi connectivity index (χ3v) is 6.75. The van der Waals surface area contributed by atoms with Crippen LogP contribution in [0.1, 0.15) is 49.7 Å². The van der Waals surface area contributed by atoms with Crippen molar-refractivity contribution < 1.29 is 9.31 Å². The average molecular weight is 442 g/mol. The van der Waals surface area contributed by atoms with Gasteiger partial charge in [-0.05, 0) is 86.4 Å². The molecular weight excluding hydrogens is 417 g/mol. The third kappa shape index (κ3) is 4.86. The zero-order valence-corrected chi connectivity index (χ0v) is 18.1. The lowest BCUT2D eigenvalue weighted by Crippen LogP contribution is -2.35. The molecule has 5 nitrogen and oxygen atoms in total. The predicted octanol–water partition coefficient (Wildman–Crippen LogP) is 6.39. The highest BCUT2D eigenvalue weighted by Crippen LogP contribution is 2.39. The molecule has 0 spiro atoms. The molecule has 1 unspecified atom stereocenters. The van der Waals surface area contributed by atoms with E-state index in [1.807, 2.05) is 12.3 Å². The summed E-state index contributed by atoms with van der Waals surface area (Å²) in [5.41, 5.74) is 2.70. The standard InChI is InChI=1S/C24H25ClFN3O2/c1-15(28-14-18-6-7-19(25)12-24(18)29(30)31)16-2-4-17(5-3-16)21-10-11-27-23-9-8-20(26)13-22(21)23/h6-13,15-17,28H,2-5,14H2,1H3. The fraction of sp³-hybridized carbons (Fsp3) is 0.375. The molecule has 1 aliphatic rings. The van der Waals surface area contributed by atoms with Crippen LogP contribution in [0.15, 0.2) is 48.7 Å². The summed E-state index contributed by atoms with van der Waals surface area (Å²) in [6.07, 6.45) is 5.99. The molecule has 3 aromatic rings. The number of hydrogen-bond acceptors (Lipinski definition) is 4. The zero-order valence-electron chi connectivity index (χ0n) is 17.4. The van der Waals surface area contributed by atoms with Crippen LogP contribution in [0.2, 0.25) is 5.02 Å². The molecule has 0 amide bonds. The first kappa shape index (κ1) is 21.7. The van der Waals surface area contributed by atoms with Gasteiger partial charge in [0, 0.05) is 40.8 Å². The second kappa shape index (κ2) is 9.28. The fourth-order valence-corrected chi connectivity index (χ4v) is 4.89. The van der Waals surface area contributed by atoms with E-state index in [9.17, 15) is 14.5 Å². The van der Waals surface area contributed by atoms with E-state index in [4.69, 9.17) is 11.6 Å². The topological polar surface area (TPSA) is 68.1 Å². The second-order valence-corrected chi connectivity index (χ2v) is 8.81. The molecule has 7 heteroatoms. The maximum absolute atomic E-state index is 13.8. The quantitative estimate of drug-likeness (QED) is 0.355. The van der Waals surface area contributed by atoms with Gasteiger partial charge < -0.3 is 5.32 Å². The Hall–Kier alpha value is -2.57. The highest BCUT2D eigenvalue weighted by atomic mass is 35.5. The number of fused-ring (bicyclic) bond motifs is 1. The minimum atomic E-state index is -0.388. The summed E-state index contributed by atoms with van der Waals surface area (Å²) in [7, 11) is 0. The van der Waals surface area contributed by atoms with E-state index in [-0.39, 0.29) is 22.5 Å². The third-order valence-electron chi connectivity index (χ3n) is 6.51. The summed E-state index contributed by atoms with van der Waals surface area (Å²) < 4.78 is 13.8. The van der Waals surface area contributed by atoms with Crippen LogP contribution in [0.4, 0.5) is 10.1 Å². The summed E-state index contributed by atoms with van der Waals surface area (Å²) in [5.74, 6) is 0.657. The fourth-order valence-electron chi connectivity index (χ4n) is 4.72. The Morgan fingerprint density at radius 1 is 1.19 bits per heavy atom. The van der Waals surface area contributed by atoms with E-state index >= 15 is 0 Å². The Morgan fingerprint density at radius 3 is 2.71 bits per heavy atom. The van der Waals surface area contributed by atoms with Crippen molar-refractivity contribution in [2.45, 2.75) is 51.1 Å². The molecule has 31 heavy (non-hydrogen) atoms. The van der Waals surface area contributed by atoms with Crippen LogP contribution in [0, 0.1) is 21.8 Å². The Bertz CT molecular complexity index is 1100. The van der Waals surface area contributed by atoms with Crippen molar-refractivity contribution in [1.82, 2.24) is 10.3 Å². The van der Waals surface area contributed by atoms with Crippen LogP contribution in [0.25, 0.3) is 10.9 Å². The molecule has 0 bridgehead atoms. The first-order valence-corrected chi connectivity index (χ1v) is 11.0. The lowest BCUT2D eigenvalue weighted by molar-refractivity contribution is -0.385. The van der Waals surface area contributed by atoms with E-state index in [0.29, 0.717) is 29.0 Å². The summed E-state index contributed by atoms with van der Waals surface area (Å²) >= 11 is 5.90. The highest BCUT2D eigenvalue weighted by Gasteiger charge is 2.27. The van der Waals surface area contributed by atoms with Crippen molar-refractivity contribution in [2.75, 3.05) is 0 Å². The smallest absolute Gasteiger partial charge is 0.275 e. The van der Waals surface area contributed by atoms with Gasteiger partial charge in [-0.2, -0.15) is 0 Å². The van der Waals surface area contributed by atoms with Crippen LogP contribution in [0.5, 0.6) is 0 Å². The van der Waals surface area contributed by atoms with E-state index < -0.39 is 0 Å². The van der Waals surface area contributed by atoms with Crippen LogP contribution in [-0.4, -0.2) is 15.9 Å². The Balaban J connectivity index is 1.38. The maximum atomic E-state index is 13.8. The van der Waals surface area contributed by atoms with Crippen LogP contribution in [-0.2, 0) is 6.54 Å². The van der Waals surface area contributed by atoms with Gasteiger partial charge in [-0.1, -0.05) is 11.6 Å². The average Bonchev–Trinajstić information content (AvgIpc) is 2.77. The molecule has 0 saturated heterocycles. The van der Waals surface area contributed by atoms with Gasteiger partial charge in [-0.25, -0.2) is 4.39 Å². The van der Waals surface area contributed by atoms with Crippen LogP contribution in [0.3, 0.4) is 0 Å². The molecule has 1 aromatic heterocycles. The Morgan fingerprint density at radius 2 is 1.97 bits per heavy atom. The number of nitrogens with zero attached hydrogens (tertiary/aromatic N) is 2. The zero-order chi connectivity index (χ0) is 22.0. The number of halogens is 2. The molecule has 1 atom stereocenters. The summed E-state index contributed by atoms with van der Waals surface area (Å²) in [4.78, 5) is 15.3.